The van der Waals surface area contributed by atoms with E-state index in [-0.39, 0.29) is 22.8 Å². The Hall–Kier alpha value is -1.75. The van der Waals surface area contributed by atoms with E-state index >= 15 is 0 Å². The van der Waals surface area contributed by atoms with Crippen LogP contribution < -0.4 is 9.47 Å². The van der Waals surface area contributed by atoms with Crippen molar-refractivity contribution >= 4 is 23.9 Å². The zero-order chi connectivity index (χ0) is 14.4. The number of halogens is 1. The number of ether oxygens (including phenoxy) is 2. The number of carbonyl (C=O) groups is 2. The number of carboxylic acids is 1. The summed E-state index contributed by atoms with van der Waals surface area (Å²) in [5.74, 6) is -0.170. The van der Waals surface area contributed by atoms with Crippen molar-refractivity contribution in [2.45, 2.75) is 19.3 Å². The summed E-state index contributed by atoms with van der Waals surface area (Å²) in [5.41, 5.74) is 0.944. The maximum Gasteiger partial charge on any atom is 0.303 e. The van der Waals surface area contributed by atoms with Crippen LogP contribution in [0.3, 0.4) is 0 Å². The minimum atomic E-state index is -0.860. The highest BCUT2D eigenvalue weighted by Crippen LogP contribution is 2.39. The van der Waals surface area contributed by atoms with Crippen LogP contribution in [0.1, 0.15) is 28.8 Å². The monoisotopic (exact) mass is 286 g/mol. The molecule has 5 nitrogen and oxygen atoms in total. The molecule has 0 aliphatic rings. The van der Waals surface area contributed by atoms with Gasteiger partial charge in [0.05, 0.1) is 24.8 Å². The lowest BCUT2D eigenvalue weighted by molar-refractivity contribution is -0.137. The Bertz CT molecular complexity index is 484. The van der Waals surface area contributed by atoms with E-state index in [1.165, 1.54) is 14.2 Å². The molecule has 0 bridgehead atoms. The highest BCUT2D eigenvalue weighted by Gasteiger charge is 2.18. The second-order valence-electron chi connectivity index (χ2n) is 3.86. The first-order chi connectivity index (χ1) is 9.04. The number of aldehydes is 1. The summed E-state index contributed by atoms with van der Waals surface area (Å²) in [5, 5.41) is 8.89. The van der Waals surface area contributed by atoms with Crippen LogP contribution in [0.15, 0.2) is 6.07 Å². The molecule has 1 rings (SSSR count). The van der Waals surface area contributed by atoms with Crippen LogP contribution in [-0.2, 0) is 11.2 Å². The summed E-state index contributed by atoms with van der Waals surface area (Å²) in [7, 11) is 2.88. The Morgan fingerprint density at radius 3 is 2.47 bits per heavy atom. The van der Waals surface area contributed by atoms with Crippen molar-refractivity contribution in [1.29, 1.82) is 0 Å². The smallest absolute Gasteiger partial charge is 0.303 e. The Morgan fingerprint density at radius 1 is 1.37 bits per heavy atom. The van der Waals surface area contributed by atoms with E-state index in [1.807, 2.05) is 0 Å². The zero-order valence-electron chi connectivity index (χ0n) is 10.7. The van der Waals surface area contributed by atoms with Gasteiger partial charge in [-0.2, -0.15) is 0 Å². The van der Waals surface area contributed by atoms with Crippen molar-refractivity contribution < 1.29 is 24.2 Å². The van der Waals surface area contributed by atoms with Gasteiger partial charge in [-0.25, -0.2) is 0 Å². The van der Waals surface area contributed by atoms with E-state index < -0.39 is 5.97 Å². The normalized spacial score (nSPS) is 10.1. The van der Waals surface area contributed by atoms with Crippen LogP contribution in [0.25, 0.3) is 0 Å². The maximum atomic E-state index is 11.0. The lowest BCUT2D eigenvalue weighted by Crippen LogP contribution is -2.02. The van der Waals surface area contributed by atoms with E-state index in [9.17, 15) is 9.59 Å². The number of methoxy groups -OCH3 is 2. The van der Waals surface area contributed by atoms with Crippen LogP contribution >= 0.6 is 11.6 Å². The molecule has 0 amide bonds. The Balaban J connectivity index is 3.13. The van der Waals surface area contributed by atoms with E-state index in [4.69, 9.17) is 26.2 Å². The number of aliphatic carboxylic acids is 1. The Morgan fingerprint density at radius 2 is 2.00 bits per heavy atom. The summed E-state index contributed by atoms with van der Waals surface area (Å²) in [6.07, 6.45) is 1.58. The van der Waals surface area contributed by atoms with E-state index in [1.54, 1.807) is 6.07 Å². The third-order valence-corrected chi connectivity index (χ3v) is 2.98. The zero-order valence-corrected chi connectivity index (χ0v) is 11.5. The number of hydrogen-bond donors (Lipinski definition) is 1. The second kappa shape index (κ2) is 6.99. The van der Waals surface area contributed by atoms with Crippen molar-refractivity contribution in [3.05, 3.63) is 22.2 Å². The number of benzene rings is 1. The van der Waals surface area contributed by atoms with Crippen LogP contribution in [0.2, 0.25) is 5.02 Å². The molecule has 0 aromatic heterocycles. The van der Waals surface area contributed by atoms with Gasteiger partial charge >= 0.3 is 5.97 Å². The fourth-order valence-corrected chi connectivity index (χ4v) is 2.09. The minimum absolute atomic E-state index is 0.0541. The van der Waals surface area contributed by atoms with Gasteiger partial charge in [0, 0.05) is 6.42 Å². The van der Waals surface area contributed by atoms with Gasteiger partial charge in [-0.1, -0.05) is 11.6 Å². The first kappa shape index (κ1) is 15.3. The summed E-state index contributed by atoms with van der Waals surface area (Å²) >= 11 is 6.00. The molecule has 0 unspecified atom stereocenters. The molecule has 0 radical (unpaired) electrons. The average molecular weight is 287 g/mol. The lowest BCUT2D eigenvalue weighted by atomic mass is 10.0. The molecule has 104 valence electrons. The van der Waals surface area contributed by atoms with E-state index in [0.717, 1.165) is 5.56 Å². The molecule has 19 heavy (non-hydrogen) atoms. The van der Waals surface area contributed by atoms with Gasteiger partial charge in [0.2, 0.25) is 0 Å². The van der Waals surface area contributed by atoms with Crippen molar-refractivity contribution in [2.75, 3.05) is 14.2 Å². The predicted octanol–water partition coefficient (Wildman–Crippen LogP) is 2.58. The van der Waals surface area contributed by atoms with Crippen LogP contribution in [0.4, 0.5) is 0 Å². The number of hydrogen-bond acceptors (Lipinski definition) is 4. The quantitative estimate of drug-likeness (QED) is 0.780. The minimum Gasteiger partial charge on any atom is -0.493 e. The SMILES string of the molecule is COc1c(CCCC(=O)O)cc(Cl)c(C=O)c1OC. The molecule has 1 N–H and O–H groups in total. The Labute approximate surface area is 116 Å². The van der Waals surface area contributed by atoms with Gasteiger partial charge in [-0.15, -0.1) is 0 Å². The first-order valence-corrected chi connectivity index (χ1v) is 6.03. The third-order valence-electron chi connectivity index (χ3n) is 2.66. The summed E-state index contributed by atoms with van der Waals surface area (Å²) in [6, 6.07) is 1.61. The fraction of sp³-hybridized carbons (Fsp3) is 0.385. The first-order valence-electron chi connectivity index (χ1n) is 5.65. The summed E-state index contributed by atoms with van der Waals surface area (Å²) < 4.78 is 10.4. The predicted molar refractivity (Wildman–Crippen MR) is 70.5 cm³/mol. The van der Waals surface area contributed by atoms with Gasteiger partial charge in [0.1, 0.15) is 0 Å². The summed E-state index contributed by atoms with van der Waals surface area (Å²) in [4.78, 5) is 21.5. The number of rotatable bonds is 7. The molecule has 0 aliphatic carbocycles. The Kier molecular flexibility index (Phi) is 5.63. The topological polar surface area (TPSA) is 72.8 Å². The molecule has 0 atom stereocenters. The van der Waals surface area contributed by atoms with Gasteiger partial charge in [0.15, 0.2) is 17.8 Å². The van der Waals surface area contributed by atoms with Gasteiger partial charge in [-0.05, 0) is 24.5 Å². The average Bonchev–Trinajstić information content (AvgIpc) is 2.37. The highest BCUT2D eigenvalue weighted by molar-refractivity contribution is 6.33. The molecule has 0 saturated heterocycles. The lowest BCUT2D eigenvalue weighted by Gasteiger charge is -2.15. The molecule has 1 aromatic rings. The van der Waals surface area contributed by atoms with Gasteiger partial charge in [0.25, 0.3) is 0 Å². The molecule has 0 heterocycles. The standard InChI is InChI=1S/C13H15ClO5/c1-18-12-8(4-3-5-11(16)17)6-10(14)9(7-15)13(12)19-2/h6-7H,3-5H2,1-2H3,(H,16,17). The highest BCUT2D eigenvalue weighted by atomic mass is 35.5. The van der Waals surface area contributed by atoms with E-state index in [2.05, 4.69) is 0 Å². The van der Waals surface area contributed by atoms with Gasteiger partial charge in [-0.3, -0.25) is 9.59 Å². The van der Waals surface area contributed by atoms with Crippen molar-refractivity contribution in [1.82, 2.24) is 0 Å². The molecule has 0 fully saturated rings. The van der Waals surface area contributed by atoms with E-state index in [0.29, 0.717) is 24.9 Å². The van der Waals surface area contributed by atoms with Gasteiger partial charge < -0.3 is 14.6 Å². The summed E-state index contributed by atoms with van der Waals surface area (Å²) in [6.45, 7) is 0. The molecule has 0 saturated carbocycles. The molecule has 6 heteroatoms. The third kappa shape index (κ3) is 3.61. The van der Waals surface area contributed by atoms with Crippen LogP contribution in [0.5, 0.6) is 11.5 Å². The van der Waals surface area contributed by atoms with Crippen LogP contribution in [-0.4, -0.2) is 31.6 Å². The molecular formula is C13H15ClO5. The molecular weight excluding hydrogens is 272 g/mol. The van der Waals surface area contributed by atoms with Crippen molar-refractivity contribution in [3.8, 4) is 11.5 Å². The maximum absolute atomic E-state index is 11.0. The number of carboxylic acid groups (broad SMARTS) is 1. The molecule has 0 aliphatic heterocycles. The second-order valence-corrected chi connectivity index (χ2v) is 4.27. The largest absolute Gasteiger partial charge is 0.493 e. The molecule has 0 spiro atoms. The van der Waals surface area contributed by atoms with Crippen molar-refractivity contribution in [3.63, 3.8) is 0 Å². The number of carbonyl (C=O) groups excluding carboxylic acids is 1. The molecule has 1 aromatic carbocycles. The fourth-order valence-electron chi connectivity index (χ4n) is 1.82. The van der Waals surface area contributed by atoms with Crippen LogP contribution in [0, 0.1) is 0 Å². The number of aryl methyl sites for hydroxylation is 1. The van der Waals surface area contributed by atoms with Crippen molar-refractivity contribution in [2.24, 2.45) is 0 Å².